The molecule has 0 unspecified atom stereocenters. The number of carbonyl (C=O) groups excluding carboxylic acids is 1. The van der Waals surface area contributed by atoms with Gasteiger partial charge in [-0.2, -0.15) is 0 Å². The standard InChI is InChI=1S/C16H22N2O.C4H6O6/c1-12(19)17-16(14-5-3-2-4-6-14)15-11-13-7-9-18(15)10-8-13;5-1(3(7)8)2(6)4(9)10/h2-6,13,15-16H,7-11H2,1H3,(H,17,19);1-2,5-6H,(H,7,8)(H,9,10)/t15-,16+;1-,2-/m10/s1. The van der Waals surface area contributed by atoms with Crippen LogP contribution in [0.2, 0.25) is 0 Å². The smallest absolute Gasteiger partial charge is 0.335 e. The van der Waals surface area contributed by atoms with Crippen molar-refractivity contribution in [2.45, 2.75) is 50.5 Å². The van der Waals surface area contributed by atoms with Gasteiger partial charge in [0.25, 0.3) is 0 Å². The number of piperidine rings is 3. The van der Waals surface area contributed by atoms with Crippen LogP contribution in [0.25, 0.3) is 0 Å². The van der Waals surface area contributed by atoms with E-state index in [4.69, 9.17) is 20.4 Å². The third kappa shape index (κ3) is 6.25. The van der Waals surface area contributed by atoms with Gasteiger partial charge in [0.2, 0.25) is 5.91 Å². The second kappa shape index (κ2) is 10.3. The van der Waals surface area contributed by atoms with Crippen LogP contribution in [0.5, 0.6) is 0 Å². The average molecular weight is 408 g/mol. The molecule has 1 aromatic rings. The molecule has 5 N–H and O–H groups in total. The molecule has 1 aromatic carbocycles. The van der Waals surface area contributed by atoms with Gasteiger partial charge in [-0.3, -0.25) is 9.69 Å². The van der Waals surface area contributed by atoms with Gasteiger partial charge in [-0.1, -0.05) is 30.3 Å². The summed E-state index contributed by atoms with van der Waals surface area (Å²) in [6, 6.07) is 11.0. The molecule has 0 radical (unpaired) electrons. The van der Waals surface area contributed by atoms with Crippen molar-refractivity contribution in [1.29, 1.82) is 0 Å². The summed E-state index contributed by atoms with van der Waals surface area (Å²) in [5, 5.41) is 35.7. The summed E-state index contributed by atoms with van der Waals surface area (Å²) in [7, 11) is 0. The quantitative estimate of drug-likeness (QED) is 0.449. The van der Waals surface area contributed by atoms with E-state index in [0.29, 0.717) is 6.04 Å². The highest BCUT2D eigenvalue weighted by atomic mass is 16.4. The van der Waals surface area contributed by atoms with Gasteiger partial charge >= 0.3 is 11.9 Å². The molecule has 0 saturated carbocycles. The Morgan fingerprint density at radius 2 is 1.52 bits per heavy atom. The topological polar surface area (TPSA) is 147 Å². The van der Waals surface area contributed by atoms with Crippen LogP contribution in [0, 0.1) is 5.92 Å². The molecular formula is C20H28N2O7. The maximum absolute atomic E-state index is 11.5. The molecule has 3 aliphatic rings. The Morgan fingerprint density at radius 3 is 1.90 bits per heavy atom. The van der Waals surface area contributed by atoms with Crippen molar-refractivity contribution in [3.8, 4) is 0 Å². The first-order valence-corrected chi connectivity index (χ1v) is 9.58. The SMILES string of the molecule is CC(=O)N[C@@H](c1ccccc1)[C@H]1CC2CCN1CC2.O=C(O)[C@@H](O)[C@H](O)C(=O)O. The zero-order valence-corrected chi connectivity index (χ0v) is 16.3. The molecule has 3 aliphatic heterocycles. The Balaban J connectivity index is 0.000000257. The molecule has 4 rings (SSSR count). The summed E-state index contributed by atoms with van der Waals surface area (Å²) in [6.45, 7) is 4.00. The third-order valence-corrected chi connectivity index (χ3v) is 5.40. The van der Waals surface area contributed by atoms with E-state index in [0.717, 1.165) is 5.92 Å². The number of aliphatic carboxylic acids is 2. The Hall–Kier alpha value is -2.49. The lowest BCUT2D eigenvalue weighted by Gasteiger charge is -2.48. The predicted octanol–water partition coefficient (Wildman–Crippen LogP) is 0.226. The van der Waals surface area contributed by atoms with E-state index in [9.17, 15) is 14.4 Å². The number of carboxylic acid groups (broad SMARTS) is 2. The van der Waals surface area contributed by atoms with Crippen LogP contribution < -0.4 is 5.32 Å². The minimum absolute atomic E-state index is 0.0662. The van der Waals surface area contributed by atoms with Crippen molar-refractivity contribution in [1.82, 2.24) is 10.2 Å². The number of benzene rings is 1. The lowest BCUT2D eigenvalue weighted by molar-refractivity contribution is -0.165. The minimum atomic E-state index is -2.27. The number of nitrogens with one attached hydrogen (secondary N) is 1. The highest BCUT2D eigenvalue weighted by molar-refractivity contribution is 5.83. The number of rotatable bonds is 6. The average Bonchev–Trinajstić information content (AvgIpc) is 2.72. The molecule has 0 spiro atoms. The van der Waals surface area contributed by atoms with E-state index < -0.39 is 24.1 Å². The molecule has 3 fully saturated rings. The van der Waals surface area contributed by atoms with Crippen LogP contribution in [0.4, 0.5) is 0 Å². The zero-order chi connectivity index (χ0) is 21.6. The number of aliphatic hydroxyl groups is 2. The molecule has 9 heteroatoms. The van der Waals surface area contributed by atoms with Crippen molar-refractivity contribution in [3.63, 3.8) is 0 Å². The van der Waals surface area contributed by atoms with E-state index in [1.807, 2.05) is 6.07 Å². The largest absolute Gasteiger partial charge is 0.479 e. The highest BCUT2D eigenvalue weighted by Gasteiger charge is 2.38. The Bertz CT molecular complexity index is 686. The minimum Gasteiger partial charge on any atom is -0.479 e. The van der Waals surface area contributed by atoms with Crippen molar-refractivity contribution >= 4 is 17.8 Å². The van der Waals surface area contributed by atoms with Crippen LogP contribution in [0.1, 0.15) is 37.8 Å². The number of aliphatic hydroxyl groups excluding tert-OH is 2. The number of carboxylic acids is 2. The molecule has 0 aromatic heterocycles. The number of hydrogen-bond acceptors (Lipinski definition) is 6. The fraction of sp³-hybridized carbons (Fsp3) is 0.550. The van der Waals surface area contributed by atoms with E-state index in [1.54, 1.807) is 6.92 Å². The molecule has 2 bridgehead atoms. The third-order valence-electron chi connectivity index (χ3n) is 5.40. The second-order valence-electron chi connectivity index (χ2n) is 7.44. The summed E-state index contributed by atoms with van der Waals surface area (Å²) >= 11 is 0. The molecule has 4 atom stereocenters. The molecule has 9 nitrogen and oxygen atoms in total. The first kappa shape index (κ1) is 22.8. The van der Waals surface area contributed by atoms with Gasteiger partial charge in [0.15, 0.2) is 12.2 Å². The summed E-state index contributed by atoms with van der Waals surface area (Å²) < 4.78 is 0. The lowest BCUT2D eigenvalue weighted by atomic mass is 9.79. The maximum Gasteiger partial charge on any atom is 0.335 e. The van der Waals surface area contributed by atoms with E-state index in [-0.39, 0.29) is 11.9 Å². The van der Waals surface area contributed by atoms with Gasteiger partial charge in [0.05, 0.1) is 6.04 Å². The second-order valence-corrected chi connectivity index (χ2v) is 7.44. The Labute approximate surface area is 169 Å². The van der Waals surface area contributed by atoms with E-state index in [1.165, 1.54) is 37.9 Å². The number of fused-ring (bicyclic) bond motifs is 3. The summed E-state index contributed by atoms with van der Waals surface area (Å²) in [5.41, 5.74) is 1.23. The van der Waals surface area contributed by atoms with E-state index >= 15 is 0 Å². The van der Waals surface area contributed by atoms with Crippen LogP contribution >= 0.6 is 0 Å². The number of carbonyl (C=O) groups is 3. The number of amides is 1. The highest BCUT2D eigenvalue weighted by Crippen LogP contribution is 2.37. The molecular weight excluding hydrogens is 380 g/mol. The predicted molar refractivity (Wildman–Crippen MR) is 103 cm³/mol. The molecule has 1 amide bonds. The van der Waals surface area contributed by atoms with Gasteiger partial charge in [-0.15, -0.1) is 0 Å². The normalized spacial score (nSPS) is 25.7. The van der Waals surface area contributed by atoms with Crippen LogP contribution in [-0.2, 0) is 14.4 Å². The Morgan fingerprint density at radius 1 is 1.00 bits per heavy atom. The maximum atomic E-state index is 11.5. The van der Waals surface area contributed by atoms with Crippen molar-refractivity contribution in [3.05, 3.63) is 35.9 Å². The fourth-order valence-corrected chi connectivity index (χ4v) is 3.91. The summed E-state index contributed by atoms with van der Waals surface area (Å²) in [6.07, 6.45) is -0.647. The monoisotopic (exact) mass is 408 g/mol. The number of nitrogens with zero attached hydrogens (tertiary/aromatic N) is 1. The number of hydrogen-bond donors (Lipinski definition) is 5. The molecule has 29 heavy (non-hydrogen) atoms. The van der Waals surface area contributed by atoms with Crippen LogP contribution in [0.3, 0.4) is 0 Å². The van der Waals surface area contributed by atoms with Crippen LogP contribution in [0.15, 0.2) is 30.3 Å². The van der Waals surface area contributed by atoms with Crippen molar-refractivity contribution in [2.24, 2.45) is 5.92 Å². The first-order chi connectivity index (χ1) is 13.7. The summed E-state index contributed by atoms with van der Waals surface area (Å²) in [5.74, 6) is -2.61. The van der Waals surface area contributed by atoms with Crippen LogP contribution in [-0.4, -0.2) is 74.5 Å². The van der Waals surface area contributed by atoms with Gasteiger partial charge < -0.3 is 25.7 Å². The van der Waals surface area contributed by atoms with Gasteiger partial charge in [0, 0.05) is 13.0 Å². The van der Waals surface area contributed by atoms with E-state index in [2.05, 4.69) is 34.5 Å². The van der Waals surface area contributed by atoms with Gasteiger partial charge in [-0.05, 0) is 43.8 Å². The van der Waals surface area contributed by atoms with Gasteiger partial charge in [-0.25, -0.2) is 9.59 Å². The molecule has 3 heterocycles. The first-order valence-electron chi connectivity index (χ1n) is 9.58. The van der Waals surface area contributed by atoms with Gasteiger partial charge in [0.1, 0.15) is 0 Å². The summed E-state index contributed by atoms with van der Waals surface area (Å²) in [4.78, 5) is 33.7. The molecule has 0 aliphatic carbocycles. The molecule has 160 valence electrons. The zero-order valence-electron chi connectivity index (χ0n) is 16.3. The fourth-order valence-electron chi connectivity index (χ4n) is 3.91. The van der Waals surface area contributed by atoms with Crippen molar-refractivity contribution in [2.75, 3.05) is 13.1 Å². The Kier molecular flexibility index (Phi) is 8.12. The molecule has 3 saturated heterocycles. The van der Waals surface area contributed by atoms with Crippen molar-refractivity contribution < 1.29 is 34.8 Å². The lowest BCUT2D eigenvalue weighted by Crippen LogP contribution is -2.54.